The second kappa shape index (κ2) is 8.22. The molecule has 10 nitrogen and oxygen atoms in total. The van der Waals surface area contributed by atoms with Gasteiger partial charge in [-0.05, 0) is 6.92 Å². The van der Waals surface area contributed by atoms with E-state index in [-0.39, 0.29) is 6.61 Å². The summed E-state index contributed by atoms with van der Waals surface area (Å²) in [7, 11) is -4.73. The first-order valence-corrected chi connectivity index (χ1v) is 6.85. The summed E-state index contributed by atoms with van der Waals surface area (Å²) in [6, 6.07) is 0. The van der Waals surface area contributed by atoms with E-state index < -0.39 is 45.1 Å². The molecular weight excluding hydrogens is 287 g/mol. The summed E-state index contributed by atoms with van der Waals surface area (Å²) in [6.45, 7) is 1.20. The van der Waals surface area contributed by atoms with Crippen LogP contribution in [0.25, 0.3) is 0 Å². The lowest BCUT2D eigenvalue weighted by atomic mass is 10.00. The number of phosphoric acid groups is 1. The van der Waals surface area contributed by atoms with Gasteiger partial charge in [0.2, 0.25) is 0 Å². The van der Waals surface area contributed by atoms with E-state index in [1.807, 2.05) is 0 Å². The van der Waals surface area contributed by atoms with Crippen LogP contribution in [0, 0.1) is 0 Å². The molecule has 1 heterocycles. The Kier molecular flexibility index (Phi) is 8.17. The molecule has 19 heavy (non-hydrogen) atoms. The van der Waals surface area contributed by atoms with Crippen molar-refractivity contribution in [3.63, 3.8) is 0 Å². The van der Waals surface area contributed by atoms with Crippen molar-refractivity contribution < 1.29 is 49.1 Å². The van der Waals surface area contributed by atoms with Crippen LogP contribution in [0.5, 0.6) is 0 Å². The number of aliphatic hydroxyl groups is 5. The monoisotopic (exact) mass is 306 g/mol. The van der Waals surface area contributed by atoms with Crippen molar-refractivity contribution in [3.05, 3.63) is 0 Å². The average molecular weight is 306 g/mol. The molecule has 0 amide bonds. The third-order valence-corrected chi connectivity index (χ3v) is 2.58. The largest absolute Gasteiger partial charge is 0.469 e. The van der Waals surface area contributed by atoms with Gasteiger partial charge in [0.15, 0.2) is 6.29 Å². The number of hydrogen-bond donors (Lipinski definition) is 7. The van der Waals surface area contributed by atoms with Crippen LogP contribution < -0.4 is 0 Å². The van der Waals surface area contributed by atoms with Crippen LogP contribution in [0.1, 0.15) is 6.92 Å². The number of aliphatic hydroxyl groups excluding tert-OH is 5. The summed E-state index contributed by atoms with van der Waals surface area (Å²) in [4.78, 5) is 16.8. The normalized spacial score (nSPS) is 35.5. The summed E-state index contributed by atoms with van der Waals surface area (Å²) in [5.41, 5.74) is 0. The Labute approximate surface area is 109 Å². The fourth-order valence-electron chi connectivity index (χ4n) is 1.24. The summed E-state index contributed by atoms with van der Waals surface area (Å²) in [5.74, 6) is 0. The van der Waals surface area contributed by atoms with E-state index in [9.17, 15) is 14.8 Å². The Morgan fingerprint density at radius 1 is 1.11 bits per heavy atom. The fraction of sp³-hybridized carbons (Fsp3) is 1.00. The maximum atomic E-state index is 10.4. The molecule has 0 aliphatic carbocycles. The summed E-state index contributed by atoms with van der Waals surface area (Å²) in [5, 5.41) is 44.3. The first-order valence-electron chi connectivity index (χ1n) is 5.32. The zero-order valence-electron chi connectivity index (χ0n) is 10.1. The second-order valence-electron chi connectivity index (χ2n) is 3.64. The Morgan fingerprint density at radius 3 is 2.00 bits per heavy atom. The van der Waals surface area contributed by atoms with Gasteiger partial charge in [-0.25, -0.2) is 4.57 Å². The molecule has 0 aromatic heterocycles. The maximum Gasteiger partial charge on any atom is 0.469 e. The molecule has 1 rings (SSSR count). The second-order valence-corrected chi connectivity index (χ2v) is 4.88. The van der Waals surface area contributed by atoms with Crippen molar-refractivity contribution in [2.24, 2.45) is 0 Å². The molecule has 1 saturated heterocycles. The van der Waals surface area contributed by atoms with Gasteiger partial charge in [-0.2, -0.15) is 0 Å². The highest BCUT2D eigenvalue weighted by Crippen LogP contribution is 2.36. The van der Waals surface area contributed by atoms with E-state index in [0.29, 0.717) is 0 Å². The van der Waals surface area contributed by atoms with Crippen molar-refractivity contribution in [3.8, 4) is 0 Å². The van der Waals surface area contributed by atoms with E-state index in [0.717, 1.165) is 0 Å². The zero-order valence-corrected chi connectivity index (χ0v) is 11.0. The van der Waals surface area contributed by atoms with Crippen LogP contribution in [-0.4, -0.2) is 79.2 Å². The Bertz CT molecular complexity index is 293. The van der Waals surface area contributed by atoms with E-state index in [2.05, 4.69) is 9.26 Å². The molecule has 0 radical (unpaired) electrons. The standard InChI is InChI=1S/C6H13O9P.C2H6O/c7-3-2(1-14-16(11,12)13)15-6(10)5(9)4(3)8;1-2-3/h2-10H,1H2,(H2,11,12,13);3H,2H2,1H3/t2-,3-,4+,5-,6+;/m1./s1. The molecule has 11 heteroatoms. The quantitative estimate of drug-likeness (QED) is 0.264. The lowest BCUT2D eigenvalue weighted by Crippen LogP contribution is -2.58. The molecule has 1 aliphatic heterocycles. The molecule has 0 unspecified atom stereocenters. The number of phosphoric ester groups is 1. The summed E-state index contributed by atoms with van der Waals surface area (Å²) >= 11 is 0. The van der Waals surface area contributed by atoms with Gasteiger partial charge in [-0.1, -0.05) is 0 Å². The van der Waals surface area contributed by atoms with Crippen LogP contribution in [0.2, 0.25) is 0 Å². The molecule has 1 aliphatic rings. The smallest absolute Gasteiger partial charge is 0.397 e. The highest BCUT2D eigenvalue weighted by atomic mass is 31.2. The van der Waals surface area contributed by atoms with Gasteiger partial charge in [0.1, 0.15) is 24.4 Å². The molecule has 0 saturated carbocycles. The van der Waals surface area contributed by atoms with Gasteiger partial charge in [0.05, 0.1) is 6.61 Å². The average Bonchev–Trinajstić information content (AvgIpc) is 2.29. The SMILES string of the molecule is CCO.O=P(O)(O)OC[C@H]1O[C@H](O)[C@H](O)[C@@H](O)[C@@H]1O. The molecule has 116 valence electrons. The predicted octanol–water partition coefficient (Wildman–Crippen LogP) is -3.11. The van der Waals surface area contributed by atoms with Crippen LogP contribution in [0.3, 0.4) is 0 Å². The third-order valence-electron chi connectivity index (χ3n) is 2.09. The lowest BCUT2D eigenvalue weighted by Gasteiger charge is -2.38. The summed E-state index contributed by atoms with van der Waals surface area (Å²) < 4.78 is 19.0. The van der Waals surface area contributed by atoms with E-state index in [4.69, 9.17) is 25.1 Å². The highest BCUT2D eigenvalue weighted by Gasteiger charge is 2.43. The van der Waals surface area contributed by atoms with Crippen molar-refractivity contribution in [2.45, 2.75) is 37.6 Å². The minimum absolute atomic E-state index is 0.250. The highest BCUT2D eigenvalue weighted by molar-refractivity contribution is 7.46. The predicted molar refractivity (Wildman–Crippen MR) is 59.7 cm³/mol. The zero-order chi connectivity index (χ0) is 15.2. The fourth-order valence-corrected chi connectivity index (χ4v) is 1.58. The first-order chi connectivity index (χ1) is 8.64. The van der Waals surface area contributed by atoms with Crippen LogP contribution >= 0.6 is 7.82 Å². The van der Waals surface area contributed by atoms with Crippen LogP contribution in [-0.2, 0) is 13.8 Å². The lowest BCUT2D eigenvalue weighted by molar-refractivity contribution is -0.285. The van der Waals surface area contributed by atoms with E-state index in [1.165, 1.54) is 0 Å². The number of ether oxygens (including phenoxy) is 1. The van der Waals surface area contributed by atoms with Gasteiger partial charge in [0, 0.05) is 6.61 Å². The van der Waals surface area contributed by atoms with Gasteiger partial charge in [-0.15, -0.1) is 0 Å². The maximum absolute atomic E-state index is 10.4. The van der Waals surface area contributed by atoms with Gasteiger partial charge >= 0.3 is 7.82 Å². The van der Waals surface area contributed by atoms with E-state index >= 15 is 0 Å². The first kappa shape index (κ1) is 18.9. The molecule has 1 fully saturated rings. The van der Waals surface area contributed by atoms with Crippen molar-refractivity contribution in [1.82, 2.24) is 0 Å². The number of rotatable bonds is 3. The molecular formula is C8H19O10P. The van der Waals surface area contributed by atoms with E-state index in [1.54, 1.807) is 6.92 Å². The van der Waals surface area contributed by atoms with Gasteiger partial charge < -0.3 is 40.1 Å². The van der Waals surface area contributed by atoms with Crippen LogP contribution in [0.15, 0.2) is 0 Å². The van der Waals surface area contributed by atoms with Crippen LogP contribution in [0.4, 0.5) is 0 Å². The molecule has 0 bridgehead atoms. The number of hydrogen-bond acceptors (Lipinski definition) is 8. The molecule has 0 aromatic carbocycles. The molecule has 5 atom stereocenters. The van der Waals surface area contributed by atoms with Crippen molar-refractivity contribution in [2.75, 3.05) is 13.2 Å². The molecule has 0 spiro atoms. The Hall–Kier alpha value is -0.130. The summed E-state index contributed by atoms with van der Waals surface area (Å²) in [6.07, 6.45) is -8.11. The van der Waals surface area contributed by atoms with Gasteiger partial charge in [-0.3, -0.25) is 4.52 Å². The molecule has 7 N–H and O–H groups in total. The minimum atomic E-state index is -4.73. The van der Waals surface area contributed by atoms with Crippen molar-refractivity contribution in [1.29, 1.82) is 0 Å². The molecule has 0 aromatic rings. The Balaban J connectivity index is 0.000000982. The minimum Gasteiger partial charge on any atom is -0.397 e. The topological polar surface area (TPSA) is 177 Å². The van der Waals surface area contributed by atoms with Gasteiger partial charge in [0.25, 0.3) is 0 Å². The third kappa shape index (κ3) is 6.72. The Morgan fingerprint density at radius 2 is 1.58 bits per heavy atom. The van der Waals surface area contributed by atoms with Crippen molar-refractivity contribution >= 4 is 7.82 Å².